The van der Waals surface area contributed by atoms with E-state index in [0.717, 1.165) is 56.8 Å². The molecule has 0 radical (unpaired) electrons. The van der Waals surface area contributed by atoms with Crippen LogP contribution < -0.4 is 10.6 Å². The first-order chi connectivity index (χ1) is 28.2. The lowest BCUT2D eigenvalue weighted by Gasteiger charge is -2.37. The van der Waals surface area contributed by atoms with E-state index >= 15 is 0 Å². The molecule has 0 aromatic carbocycles. The zero-order chi connectivity index (χ0) is 46.6. The fraction of sp³-hybridized carbons (Fsp3) is 0.955. The minimum absolute atomic E-state index is 0.0889. The van der Waals surface area contributed by atoms with E-state index in [9.17, 15) is 27.7 Å². The van der Waals surface area contributed by atoms with Crippen molar-refractivity contribution in [3.8, 4) is 0 Å². The smallest absolute Gasteiger partial charge is 0.224 e. The van der Waals surface area contributed by atoms with Crippen molar-refractivity contribution in [3.05, 3.63) is 15.3 Å². The van der Waals surface area contributed by atoms with E-state index in [1.807, 2.05) is 0 Å². The fourth-order valence-electron chi connectivity index (χ4n) is 6.57. The van der Waals surface area contributed by atoms with Gasteiger partial charge in [-0.1, -0.05) is 162 Å². The molecule has 0 aliphatic rings. The largest absolute Gasteiger partial charge is 0.726 e. The minimum Gasteiger partial charge on any atom is -0.726 e. The molecule has 0 saturated carbocycles. The number of aliphatic hydroxyl groups excluding tert-OH is 1. The highest BCUT2D eigenvalue weighted by atomic mass is 32.3. The van der Waals surface area contributed by atoms with E-state index < -0.39 is 15.5 Å². The molecule has 0 bridgehead atoms. The number of nitrogens with zero attached hydrogens (tertiary/aromatic N) is 3. The van der Waals surface area contributed by atoms with Gasteiger partial charge in [-0.2, -0.15) is 0 Å². The Kier molecular flexibility index (Phi) is 48.3. The highest BCUT2D eigenvalue weighted by Gasteiger charge is 2.27. The molecule has 0 aliphatic carbocycles. The number of unbranched alkanes of at least 4 members (excludes halogenated alkanes) is 22. The number of carbonyl (C=O) groups is 2. The first-order valence-corrected chi connectivity index (χ1v) is 24.7. The summed E-state index contributed by atoms with van der Waals surface area (Å²) < 4.78 is 32.6. The number of quaternary nitrogens is 2. The second-order valence-corrected chi connectivity index (χ2v) is 18.7. The van der Waals surface area contributed by atoms with E-state index in [1.165, 1.54) is 135 Å². The molecule has 0 rings (SSSR count). The third-order valence-corrected chi connectivity index (χ3v) is 10.7. The maximum absolute atomic E-state index is 12.2. The predicted octanol–water partition coefficient (Wildman–Crippen LogP) is 9.14. The summed E-state index contributed by atoms with van der Waals surface area (Å²) in [6, 6.07) is 0. The highest BCUT2D eigenvalue weighted by Crippen LogP contribution is 2.15. The zero-order valence-corrected chi connectivity index (χ0v) is 40.9. The van der Waals surface area contributed by atoms with Crippen LogP contribution in [0, 0.1) is 15.3 Å². The van der Waals surface area contributed by atoms with Gasteiger partial charge in [0.15, 0.2) is 6.17 Å². The number of nitrogens with one attached hydrogen (secondary N) is 2. The number of amides is 2. The molecule has 16 heteroatoms. The summed E-state index contributed by atoms with van der Waals surface area (Å²) in [4.78, 5) is 32.1. The van der Waals surface area contributed by atoms with Crippen LogP contribution >= 0.6 is 0 Å². The van der Waals surface area contributed by atoms with Gasteiger partial charge >= 0.3 is 0 Å². The normalized spacial score (nSPS) is 11.8. The SMILES string of the molecule is CCCCCCCCCCCC(=O)NCCC[N+](C)(C)C.CCCCCCCCCCCCCCCCCC(=O)NC(CC)[N+](C)(C)CCO.COS(=O)(=O)[O-].O=[N+]([O-])[O-]. The van der Waals surface area contributed by atoms with Crippen molar-refractivity contribution in [2.45, 2.75) is 207 Å². The highest BCUT2D eigenvalue weighted by molar-refractivity contribution is 7.80. The number of hydrogen-bond donors (Lipinski definition) is 3. The lowest BCUT2D eigenvalue weighted by Crippen LogP contribution is -2.58. The molecule has 0 aliphatic heterocycles. The quantitative estimate of drug-likeness (QED) is 0.0103. The Labute approximate surface area is 368 Å². The van der Waals surface area contributed by atoms with Crippen LogP contribution in [0.2, 0.25) is 0 Å². The Balaban J connectivity index is -0.000000437. The lowest BCUT2D eigenvalue weighted by molar-refractivity contribution is -0.917. The first kappa shape index (κ1) is 64.5. The van der Waals surface area contributed by atoms with Crippen LogP contribution in [0.1, 0.15) is 201 Å². The van der Waals surface area contributed by atoms with Crippen LogP contribution in [-0.4, -0.2) is 119 Å². The van der Waals surface area contributed by atoms with Gasteiger partial charge < -0.3 is 44.6 Å². The monoisotopic (exact) mass is 886 g/mol. The van der Waals surface area contributed by atoms with Crippen LogP contribution in [0.25, 0.3) is 0 Å². The van der Waals surface area contributed by atoms with Gasteiger partial charge in [0, 0.05) is 32.2 Å². The standard InChI is InChI=1S/C25H52N2O2.C18H38N2O.CH4O4S.NO3/c1-5-7-8-9-10-11-12-13-14-15-16-17-18-19-20-21-25(29)26-24(6-2)27(3,4)22-23-28;1-5-6-7-8-9-10-11-12-13-15-18(21)19-16-14-17-20(2,3)4;1-5-6(2,3)4;2-1(3)4/h24,28H,5-23H2,1-4H3;5-17H2,1-4H3;1H3,(H,2,3,4);/q;;;-1/p+1. The molecule has 60 heavy (non-hydrogen) atoms. The van der Waals surface area contributed by atoms with Gasteiger partial charge in [-0.3, -0.25) is 13.8 Å². The Morgan fingerprint density at radius 1 is 0.617 bits per heavy atom. The Hall–Kier alpha value is -2.11. The second-order valence-electron chi connectivity index (χ2n) is 17.5. The predicted molar refractivity (Wildman–Crippen MR) is 245 cm³/mol. The van der Waals surface area contributed by atoms with Crippen molar-refractivity contribution in [2.75, 3.05) is 68.6 Å². The number of rotatable bonds is 36. The summed E-state index contributed by atoms with van der Waals surface area (Å²) in [5, 5.41) is 30.1. The summed E-state index contributed by atoms with van der Waals surface area (Å²) in [7, 11) is 7.09. The van der Waals surface area contributed by atoms with E-state index in [1.54, 1.807) is 0 Å². The molecule has 2 amide bonds. The van der Waals surface area contributed by atoms with Crippen LogP contribution in [0.3, 0.4) is 0 Å². The van der Waals surface area contributed by atoms with Crippen molar-refractivity contribution in [1.29, 1.82) is 0 Å². The van der Waals surface area contributed by atoms with Crippen LogP contribution in [-0.2, 0) is 24.2 Å². The fourth-order valence-corrected chi connectivity index (χ4v) is 6.57. The summed E-state index contributed by atoms with van der Waals surface area (Å²) in [6.07, 6.45) is 35.3. The topological polar surface area (TPSA) is 211 Å². The van der Waals surface area contributed by atoms with Crippen molar-refractivity contribution < 1.29 is 45.9 Å². The maximum atomic E-state index is 12.2. The van der Waals surface area contributed by atoms with E-state index in [0.29, 0.717) is 23.9 Å². The van der Waals surface area contributed by atoms with Crippen molar-refractivity contribution >= 4 is 22.2 Å². The summed E-state index contributed by atoms with van der Waals surface area (Å²) >= 11 is 0. The van der Waals surface area contributed by atoms with Gasteiger partial charge in [0.25, 0.3) is 0 Å². The molecule has 362 valence electrons. The van der Waals surface area contributed by atoms with E-state index in [4.69, 9.17) is 15.3 Å². The van der Waals surface area contributed by atoms with Crippen molar-refractivity contribution in [3.63, 3.8) is 0 Å². The first-order valence-electron chi connectivity index (χ1n) is 23.4. The third kappa shape index (κ3) is 60.2. The summed E-state index contributed by atoms with van der Waals surface area (Å²) in [5.41, 5.74) is 0. The van der Waals surface area contributed by atoms with Gasteiger partial charge in [-0.25, -0.2) is 8.42 Å². The van der Waals surface area contributed by atoms with Crippen LogP contribution in [0.15, 0.2) is 0 Å². The molecular formula is C44H95N5O10S. The molecule has 3 N–H and O–H groups in total. The molecule has 0 saturated heterocycles. The molecule has 15 nitrogen and oxygen atoms in total. The molecule has 0 spiro atoms. The minimum atomic E-state index is -4.41. The number of carbonyl (C=O) groups excluding carboxylic acids is 2. The van der Waals surface area contributed by atoms with Crippen LogP contribution in [0.4, 0.5) is 0 Å². The van der Waals surface area contributed by atoms with Gasteiger partial charge in [0.2, 0.25) is 22.2 Å². The number of hydrogen-bond acceptors (Lipinski definition) is 10. The lowest BCUT2D eigenvalue weighted by atomic mass is 10.0. The molecule has 1 atom stereocenters. The Morgan fingerprint density at radius 2 is 0.933 bits per heavy atom. The van der Waals surface area contributed by atoms with Crippen molar-refractivity contribution in [2.24, 2.45) is 0 Å². The van der Waals surface area contributed by atoms with E-state index in [2.05, 4.69) is 70.8 Å². The second kappa shape index (κ2) is 44.9. The molecular weight excluding hydrogens is 791 g/mol. The molecule has 0 fully saturated rings. The number of likely N-dealkylation sites (N-methyl/N-ethyl adjacent to an activating group) is 1. The molecule has 1 unspecified atom stereocenters. The average molecular weight is 886 g/mol. The Morgan fingerprint density at radius 3 is 1.22 bits per heavy atom. The average Bonchev–Trinajstić information content (AvgIpc) is 3.16. The molecule has 0 aromatic rings. The Bertz CT molecular complexity index is 1070. The zero-order valence-electron chi connectivity index (χ0n) is 40.1. The maximum Gasteiger partial charge on any atom is 0.224 e. The molecule has 0 aromatic heterocycles. The third-order valence-electron chi connectivity index (χ3n) is 10.3. The molecule has 0 heterocycles. The van der Waals surface area contributed by atoms with Crippen molar-refractivity contribution in [1.82, 2.24) is 10.6 Å². The van der Waals surface area contributed by atoms with E-state index in [-0.39, 0.29) is 24.6 Å². The van der Waals surface area contributed by atoms with Gasteiger partial charge in [-0.05, 0) is 12.8 Å². The number of aliphatic hydroxyl groups is 1. The summed E-state index contributed by atoms with van der Waals surface area (Å²) in [5.74, 6) is 0.398. The van der Waals surface area contributed by atoms with Gasteiger partial charge in [-0.15, -0.1) is 0 Å². The summed E-state index contributed by atoms with van der Waals surface area (Å²) in [6.45, 7) is 9.38. The van der Waals surface area contributed by atoms with Crippen LogP contribution in [0.5, 0.6) is 0 Å². The van der Waals surface area contributed by atoms with Gasteiger partial charge in [0.05, 0.1) is 60.6 Å². The van der Waals surface area contributed by atoms with Gasteiger partial charge in [0.1, 0.15) is 6.54 Å².